The van der Waals surface area contributed by atoms with E-state index in [1.807, 2.05) is 0 Å². The van der Waals surface area contributed by atoms with Gasteiger partial charge in [-0.05, 0) is 24.6 Å². The normalized spacial score (nSPS) is 9.18. The van der Waals surface area contributed by atoms with Crippen molar-refractivity contribution in [2.24, 2.45) is 5.73 Å². The van der Waals surface area contributed by atoms with Crippen molar-refractivity contribution in [2.45, 2.75) is 0 Å². The number of carbonyl (C=O) groups excluding carboxylic acids is 1. The third-order valence-corrected chi connectivity index (χ3v) is 1.22. The van der Waals surface area contributed by atoms with Gasteiger partial charge < -0.3 is 11.1 Å². The Bertz CT molecular complexity index is 253. The summed E-state index contributed by atoms with van der Waals surface area (Å²) in [6.45, 7) is 3.70. The molecule has 0 bridgehead atoms. The number of anilines is 1. The number of nitrogens with two attached hydrogens (primary N) is 1. The van der Waals surface area contributed by atoms with Crippen LogP contribution < -0.4 is 11.1 Å². The van der Waals surface area contributed by atoms with Gasteiger partial charge in [-0.2, -0.15) is 0 Å². The minimum Gasteiger partial charge on any atom is -0.351 e. The average molecular weight is 149 g/mol. The van der Waals surface area contributed by atoms with Crippen molar-refractivity contribution in [1.82, 2.24) is 0 Å². The molecular weight excluding hydrogens is 140 g/mol. The molecule has 1 aromatic carbocycles. The first-order chi connectivity index (χ1) is 5.18. The fourth-order valence-corrected chi connectivity index (χ4v) is 0.730. The maximum atomic E-state index is 10.3. The third kappa shape index (κ3) is 2.29. The lowest BCUT2D eigenvalue weighted by molar-refractivity contribution is 0.259. The summed E-state index contributed by atoms with van der Waals surface area (Å²) in [5, 5.41) is 2.44. The minimum absolute atomic E-state index is 0.554. The summed E-state index contributed by atoms with van der Waals surface area (Å²) in [6, 6.07) is 6.53. The predicted molar refractivity (Wildman–Crippen MR) is 44.1 cm³/mol. The molecule has 0 saturated carbocycles. The topological polar surface area (TPSA) is 55.1 Å². The van der Waals surface area contributed by atoms with Gasteiger partial charge in [0.05, 0.1) is 0 Å². The van der Waals surface area contributed by atoms with Gasteiger partial charge in [0.15, 0.2) is 0 Å². The molecular formula is C8H9N2O. The van der Waals surface area contributed by atoms with E-state index in [4.69, 9.17) is 5.73 Å². The highest BCUT2D eigenvalue weighted by Crippen LogP contribution is 2.07. The van der Waals surface area contributed by atoms with Crippen molar-refractivity contribution in [3.8, 4) is 0 Å². The molecule has 1 radical (unpaired) electrons. The standard InChI is InChI=1S/C8H9N2O/c1-6-2-4-7(5-3-6)10-8(9)11/h2-5H,1H2,(H3,9,10,11). The summed E-state index contributed by atoms with van der Waals surface area (Å²) in [6.07, 6.45) is 0. The van der Waals surface area contributed by atoms with Gasteiger partial charge in [0.25, 0.3) is 0 Å². The van der Waals surface area contributed by atoms with E-state index in [2.05, 4.69) is 12.2 Å². The van der Waals surface area contributed by atoms with Gasteiger partial charge in [-0.1, -0.05) is 12.1 Å². The van der Waals surface area contributed by atoms with E-state index in [0.717, 1.165) is 5.56 Å². The number of hydrogen-bond acceptors (Lipinski definition) is 1. The van der Waals surface area contributed by atoms with Crippen molar-refractivity contribution in [1.29, 1.82) is 0 Å². The molecule has 1 aromatic rings. The van der Waals surface area contributed by atoms with Gasteiger partial charge in [0.2, 0.25) is 0 Å². The van der Waals surface area contributed by atoms with E-state index in [-0.39, 0.29) is 0 Å². The lowest BCUT2D eigenvalue weighted by atomic mass is 10.2. The summed E-state index contributed by atoms with van der Waals surface area (Å²) in [5.74, 6) is 0. The molecule has 0 aliphatic carbocycles. The van der Waals surface area contributed by atoms with Gasteiger partial charge >= 0.3 is 6.03 Å². The molecule has 0 fully saturated rings. The first-order valence-electron chi connectivity index (χ1n) is 3.17. The highest BCUT2D eigenvalue weighted by atomic mass is 16.2. The van der Waals surface area contributed by atoms with Crippen LogP contribution in [-0.2, 0) is 0 Å². The third-order valence-electron chi connectivity index (χ3n) is 1.22. The zero-order valence-corrected chi connectivity index (χ0v) is 6.00. The molecule has 57 valence electrons. The van der Waals surface area contributed by atoms with Crippen molar-refractivity contribution < 1.29 is 4.79 Å². The number of rotatable bonds is 1. The molecule has 0 unspecified atom stereocenters. The molecule has 0 aromatic heterocycles. The van der Waals surface area contributed by atoms with Crippen LogP contribution in [0.2, 0.25) is 0 Å². The number of primary amides is 1. The summed E-state index contributed by atoms with van der Waals surface area (Å²) >= 11 is 0. The molecule has 0 saturated heterocycles. The van der Waals surface area contributed by atoms with E-state index >= 15 is 0 Å². The first-order valence-corrected chi connectivity index (χ1v) is 3.17. The van der Waals surface area contributed by atoms with Crippen molar-refractivity contribution >= 4 is 11.7 Å². The van der Waals surface area contributed by atoms with Gasteiger partial charge in [-0.3, -0.25) is 0 Å². The van der Waals surface area contributed by atoms with Gasteiger partial charge in [-0.25, -0.2) is 4.79 Å². The number of amides is 2. The van der Waals surface area contributed by atoms with Crippen LogP contribution in [0.3, 0.4) is 0 Å². The van der Waals surface area contributed by atoms with E-state index in [1.165, 1.54) is 0 Å². The SMILES string of the molecule is [CH2]c1ccc(NC(N)=O)cc1. The van der Waals surface area contributed by atoms with Crippen LogP contribution in [0.4, 0.5) is 10.5 Å². The highest BCUT2D eigenvalue weighted by Gasteiger charge is 1.92. The second kappa shape index (κ2) is 3.05. The molecule has 0 heterocycles. The fourth-order valence-electron chi connectivity index (χ4n) is 0.730. The monoisotopic (exact) mass is 149 g/mol. The summed E-state index contributed by atoms with van der Waals surface area (Å²) in [4.78, 5) is 10.3. The molecule has 3 heteroatoms. The Labute approximate surface area is 65.2 Å². The van der Waals surface area contributed by atoms with E-state index < -0.39 is 6.03 Å². The first kappa shape index (κ1) is 7.60. The number of nitrogens with one attached hydrogen (secondary N) is 1. The van der Waals surface area contributed by atoms with Gasteiger partial charge in [0.1, 0.15) is 0 Å². The zero-order valence-electron chi connectivity index (χ0n) is 6.00. The highest BCUT2D eigenvalue weighted by molar-refractivity contribution is 5.87. The van der Waals surface area contributed by atoms with Crippen LogP contribution in [0.1, 0.15) is 5.56 Å². The Morgan fingerprint density at radius 3 is 2.36 bits per heavy atom. The van der Waals surface area contributed by atoms with E-state index in [9.17, 15) is 4.79 Å². The minimum atomic E-state index is -0.554. The van der Waals surface area contributed by atoms with Crippen LogP contribution in [0.15, 0.2) is 24.3 Å². The number of hydrogen-bond donors (Lipinski definition) is 2. The fraction of sp³-hybridized carbons (Fsp3) is 0. The predicted octanol–water partition coefficient (Wildman–Crippen LogP) is 1.36. The Balaban J connectivity index is 2.74. The smallest absolute Gasteiger partial charge is 0.316 e. The lowest BCUT2D eigenvalue weighted by Gasteiger charge is -2.00. The summed E-state index contributed by atoms with van der Waals surface area (Å²) in [5.41, 5.74) is 6.48. The molecule has 1 rings (SSSR count). The summed E-state index contributed by atoms with van der Waals surface area (Å²) < 4.78 is 0. The second-order valence-corrected chi connectivity index (χ2v) is 2.19. The Hall–Kier alpha value is -1.51. The maximum absolute atomic E-state index is 10.3. The van der Waals surface area contributed by atoms with Gasteiger partial charge in [-0.15, -0.1) is 0 Å². The van der Waals surface area contributed by atoms with Crippen molar-refractivity contribution in [3.63, 3.8) is 0 Å². The number of carbonyl (C=O) groups is 1. The number of urea groups is 1. The lowest BCUT2D eigenvalue weighted by Crippen LogP contribution is -2.19. The molecule has 0 spiro atoms. The average Bonchev–Trinajstić information content (AvgIpc) is 1.93. The number of benzene rings is 1. The molecule has 3 N–H and O–H groups in total. The van der Waals surface area contributed by atoms with Crippen molar-refractivity contribution in [3.05, 3.63) is 36.8 Å². The Morgan fingerprint density at radius 1 is 1.36 bits per heavy atom. The summed E-state index contributed by atoms with van der Waals surface area (Å²) in [7, 11) is 0. The van der Waals surface area contributed by atoms with E-state index in [1.54, 1.807) is 24.3 Å². The molecule has 11 heavy (non-hydrogen) atoms. The maximum Gasteiger partial charge on any atom is 0.316 e. The quantitative estimate of drug-likeness (QED) is 0.622. The zero-order chi connectivity index (χ0) is 8.27. The largest absolute Gasteiger partial charge is 0.351 e. The van der Waals surface area contributed by atoms with Crippen LogP contribution >= 0.6 is 0 Å². The van der Waals surface area contributed by atoms with Crippen LogP contribution in [-0.4, -0.2) is 6.03 Å². The molecule has 0 aliphatic heterocycles. The van der Waals surface area contributed by atoms with Crippen LogP contribution in [0.5, 0.6) is 0 Å². The Morgan fingerprint density at radius 2 is 1.91 bits per heavy atom. The molecule has 2 amide bonds. The van der Waals surface area contributed by atoms with E-state index in [0.29, 0.717) is 5.69 Å². The molecule has 3 nitrogen and oxygen atoms in total. The molecule has 0 atom stereocenters. The molecule has 0 aliphatic rings. The van der Waals surface area contributed by atoms with Gasteiger partial charge in [0, 0.05) is 5.69 Å². The van der Waals surface area contributed by atoms with Crippen LogP contribution in [0.25, 0.3) is 0 Å². The second-order valence-electron chi connectivity index (χ2n) is 2.19. The van der Waals surface area contributed by atoms with Crippen LogP contribution in [0, 0.1) is 6.92 Å². The Kier molecular flexibility index (Phi) is 2.11. The van der Waals surface area contributed by atoms with Crippen molar-refractivity contribution in [2.75, 3.05) is 5.32 Å².